The van der Waals surface area contributed by atoms with Crippen LogP contribution >= 0.6 is 0 Å². The molecule has 1 aromatic carbocycles. The third-order valence-corrected chi connectivity index (χ3v) is 2.70. The van der Waals surface area contributed by atoms with Gasteiger partial charge in [0, 0.05) is 5.69 Å². The van der Waals surface area contributed by atoms with Crippen LogP contribution in [0.4, 0.5) is 11.5 Å². The van der Waals surface area contributed by atoms with E-state index in [4.69, 9.17) is 10.00 Å². The van der Waals surface area contributed by atoms with Crippen LogP contribution in [0.2, 0.25) is 0 Å². The zero-order valence-electron chi connectivity index (χ0n) is 11.2. The summed E-state index contributed by atoms with van der Waals surface area (Å²) in [5.74, 6) is 1.38. The highest BCUT2D eigenvalue weighted by Gasteiger charge is 2.06. The summed E-state index contributed by atoms with van der Waals surface area (Å²) in [6.07, 6.45) is 0. The Bertz CT molecular complexity index is 644. The molecule has 2 rings (SSSR count). The van der Waals surface area contributed by atoms with Crippen LogP contribution in [-0.4, -0.2) is 12.1 Å². The van der Waals surface area contributed by atoms with Gasteiger partial charge in [-0.1, -0.05) is 6.07 Å². The van der Waals surface area contributed by atoms with Gasteiger partial charge in [0.2, 0.25) is 0 Å². The molecule has 0 atom stereocenters. The zero-order valence-corrected chi connectivity index (χ0v) is 11.2. The predicted octanol–water partition coefficient (Wildman–Crippen LogP) is 3.32. The van der Waals surface area contributed by atoms with E-state index in [1.165, 1.54) is 0 Å². The molecule has 0 saturated carbocycles. The molecule has 4 nitrogen and oxygen atoms in total. The number of hydrogen-bond acceptors (Lipinski definition) is 4. The zero-order chi connectivity index (χ0) is 13.8. The van der Waals surface area contributed by atoms with E-state index in [2.05, 4.69) is 16.4 Å². The molecule has 0 unspecified atom stereocenters. The Kier molecular flexibility index (Phi) is 3.67. The van der Waals surface area contributed by atoms with Gasteiger partial charge in [0.1, 0.15) is 11.6 Å². The lowest BCUT2D eigenvalue weighted by Gasteiger charge is -2.12. The minimum Gasteiger partial charge on any atom is -0.495 e. The maximum absolute atomic E-state index is 8.97. The Morgan fingerprint density at radius 3 is 2.68 bits per heavy atom. The molecule has 0 amide bonds. The van der Waals surface area contributed by atoms with Gasteiger partial charge in [0.25, 0.3) is 0 Å². The number of ether oxygens (including phenoxy) is 1. The van der Waals surface area contributed by atoms with Crippen LogP contribution in [-0.2, 0) is 0 Å². The van der Waals surface area contributed by atoms with Crippen LogP contribution in [0.3, 0.4) is 0 Å². The van der Waals surface area contributed by atoms with Crippen molar-refractivity contribution >= 4 is 11.5 Å². The average Bonchev–Trinajstić information content (AvgIpc) is 2.38. The highest BCUT2D eigenvalue weighted by molar-refractivity contribution is 5.66. The summed E-state index contributed by atoms with van der Waals surface area (Å²) in [7, 11) is 1.63. The topological polar surface area (TPSA) is 57.9 Å². The fourth-order valence-electron chi connectivity index (χ4n) is 1.85. The number of hydrogen-bond donors (Lipinski definition) is 1. The predicted molar refractivity (Wildman–Crippen MR) is 74.7 cm³/mol. The number of nitrogens with zero attached hydrogens (tertiary/aromatic N) is 2. The van der Waals surface area contributed by atoms with E-state index in [0.29, 0.717) is 11.4 Å². The van der Waals surface area contributed by atoms with Crippen LogP contribution in [0.5, 0.6) is 5.75 Å². The molecule has 1 N–H and O–H groups in total. The van der Waals surface area contributed by atoms with Crippen molar-refractivity contribution in [3.63, 3.8) is 0 Å². The van der Waals surface area contributed by atoms with Crippen LogP contribution in [0.15, 0.2) is 30.3 Å². The third-order valence-electron chi connectivity index (χ3n) is 2.70. The molecule has 0 aliphatic heterocycles. The second kappa shape index (κ2) is 5.40. The second-order valence-corrected chi connectivity index (χ2v) is 4.32. The normalized spacial score (nSPS) is 9.79. The number of nitrogens with one attached hydrogen (secondary N) is 1. The molecule has 0 spiro atoms. The highest BCUT2D eigenvalue weighted by atomic mass is 16.5. The monoisotopic (exact) mass is 253 g/mol. The van der Waals surface area contributed by atoms with Crippen molar-refractivity contribution in [2.24, 2.45) is 0 Å². The summed E-state index contributed by atoms with van der Waals surface area (Å²) >= 11 is 0. The van der Waals surface area contributed by atoms with Crippen LogP contribution < -0.4 is 10.1 Å². The molecule has 0 fully saturated rings. The molecule has 96 valence electrons. The van der Waals surface area contributed by atoms with Gasteiger partial charge in [-0.25, -0.2) is 4.98 Å². The van der Waals surface area contributed by atoms with Crippen LogP contribution in [0, 0.1) is 25.2 Å². The van der Waals surface area contributed by atoms with E-state index in [9.17, 15) is 0 Å². The second-order valence-electron chi connectivity index (χ2n) is 4.32. The number of benzene rings is 1. The lowest BCUT2D eigenvalue weighted by atomic mass is 10.2. The van der Waals surface area contributed by atoms with Gasteiger partial charge < -0.3 is 10.1 Å². The molecule has 1 heterocycles. The maximum Gasteiger partial charge on any atom is 0.142 e. The first kappa shape index (κ1) is 12.9. The fourth-order valence-corrected chi connectivity index (χ4v) is 1.85. The highest BCUT2D eigenvalue weighted by Crippen LogP contribution is 2.28. The van der Waals surface area contributed by atoms with Gasteiger partial charge in [-0.15, -0.1) is 0 Å². The van der Waals surface area contributed by atoms with Crippen molar-refractivity contribution in [3.05, 3.63) is 47.2 Å². The Balaban J connectivity index is 2.38. The Labute approximate surface area is 112 Å². The van der Waals surface area contributed by atoms with E-state index >= 15 is 0 Å². The minimum absolute atomic E-state index is 0.585. The Morgan fingerprint density at radius 1 is 1.21 bits per heavy atom. The number of rotatable bonds is 3. The van der Waals surface area contributed by atoms with E-state index in [1.54, 1.807) is 19.2 Å². The summed E-state index contributed by atoms with van der Waals surface area (Å²) in [5, 5.41) is 12.2. The van der Waals surface area contributed by atoms with Gasteiger partial charge in [-0.05, 0) is 43.7 Å². The molecule has 0 saturated heterocycles. The van der Waals surface area contributed by atoms with Crippen molar-refractivity contribution in [2.45, 2.75) is 13.8 Å². The first-order valence-corrected chi connectivity index (χ1v) is 5.93. The molecule has 0 radical (unpaired) electrons. The average molecular weight is 253 g/mol. The number of anilines is 2. The number of aromatic nitrogens is 1. The maximum atomic E-state index is 8.97. The third kappa shape index (κ3) is 3.02. The van der Waals surface area contributed by atoms with Gasteiger partial charge in [0.05, 0.1) is 24.4 Å². The van der Waals surface area contributed by atoms with Crippen LogP contribution in [0.25, 0.3) is 0 Å². The summed E-state index contributed by atoms with van der Waals surface area (Å²) in [6.45, 7) is 3.87. The summed E-state index contributed by atoms with van der Waals surface area (Å²) < 4.78 is 5.30. The van der Waals surface area contributed by atoms with E-state index in [1.807, 2.05) is 32.0 Å². The Morgan fingerprint density at radius 2 is 2.00 bits per heavy atom. The van der Waals surface area contributed by atoms with Gasteiger partial charge in [-0.3, -0.25) is 0 Å². The molecule has 0 bridgehead atoms. The van der Waals surface area contributed by atoms with Gasteiger partial charge in [-0.2, -0.15) is 5.26 Å². The molecule has 4 heteroatoms. The first-order chi connectivity index (χ1) is 9.12. The van der Waals surface area contributed by atoms with Gasteiger partial charge in [0.15, 0.2) is 0 Å². The SMILES string of the molecule is COc1ccc(C)cc1Nc1cc(C#N)cc(C)n1. The van der Waals surface area contributed by atoms with E-state index in [0.717, 1.165) is 22.7 Å². The lowest BCUT2D eigenvalue weighted by molar-refractivity contribution is 0.416. The summed E-state index contributed by atoms with van der Waals surface area (Å²) in [4.78, 5) is 4.36. The molecule has 0 aliphatic carbocycles. The standard InChI is InChI=1S/C15H15N3O/c1-10-4-5-14(19-3)13(6-10)18-15-8-12(9-16)7-11(2)17-15/h4-8H,1-3H3,(H,17,18). The van der Waals surface area contributed by atoms with Gasteiger partial charge >= 0.3 is 0 Å². The molecule has 0 aliphatic rings. The minimum atomic E-state index is 0.585. The van der Waals surface area contributed by atoms with Crippen molar-refractivity contribution in [1.29, 1.82) is 5.26 Å². The molecular weight excluding hydrogens is 238 g/mol. The molecule has 1 aromatic heterocycles. The molecule has 2 aromatic rings. The largest absolute Gasteiger partial charge is 0.495 e. The number of aryl methyl sites for hydroxylation is 2. The lowest BCUT2D eigenvalue weighted by Crippen LogP contribution is -1.99. The quantitative estimate of drug-likeness (QED) is 0.911. The molecule has 19 heavy (non-hydrogen) atoms. The van der Waals surface area contributed by atoms with Crippen LogP contribution in [0.1, 0.15) is 16.8 Å². The Hall–Kier alpha value is -2.54. The summed E-state index contributed by atoms with van der Waals surface area (Å²) in [6, 6.07) is 11.5. The van der Waals surface area contributed by atoms with E-state index < -0.39 is 0 Å². The molecular formula is C15H15N3O. The fraction of sp³-hybridized carbons (Fsp3) is 0.200. The number of pyridine rings is 1. The number of nitriles is 1. The first-order valence-electron chi connectivity index (χ1n) is 5.93. The number of methoxy groups -OCH3 is 1. The van der Waals surface area contributed by atoms with E-state index in [-0.39, 0.29) is 0 Å². The van der Waals surface area contributed by atoms with Crippen molar-refractivity contribution in [1.82, 2.24) is 4.98 Å². The van der Waals surface area contributed by atoms with Crippen molar-refractivity contribution < 1.29 is 4.74 Å². The smallest absolute Gasteiger partial charge is 0.142 e. The summed E-state index contributed by atoms with van der Waals surface area (Å²) in [5.41, 5.74) is 3.34. The van der Waals surface area contributed by atoms with Crippen molar-refractivity contribution in [3.8, 4) is 11.8 Å². The van der Waals surface area contributed by atoms with Crippen molar-refractivity contribution in [2.75, 3.05) is 12.4 Å².